The fourth-order valence-corrected chi connectivity index (χ4v) is 4.74. The third kappa shape index (κ3) is 3.74. The summed E-state index contributed by atoms with van der Waals surface area (Å²) in [6.07, 6.45) is 4.56. The molecule has 0 radical (unpaired) electrons. The second-order valence-electron chi connectivity index (χ2n) is 9.67. The average molecular weight is 490 g/mol. The molecule has 0 spiro atoms. The van der Waals surface area contributed by atoms with Crippen LogP contribution in [0.15, 0.2) is 18.3 Å². The summed E-state index contributed by atoms with van der Waals surface area (Å²) in [4.78, 5) is 27.2. The molecule has 3 aliphatic rings. The van der Waals surface area contributed by atoms with Crippen molar-refractivity contribution in [3.8, 4) is 17.6 Å². The van der Waals surface area contributed by atoms with Crippen molar-refractivity contribution in [2.24, 2.45) is 5.41 Å². The first-order valence-electron chi connectivity index (χ1n) is 12.2. The smallest absolute Gasteiger partial charge is 0.257 e. The van der Waals surface area contributed by atoms with E-state index >= 15 is 0 Å². The van der Waals surface area contributed by atoms with Gasteiger partial charge in [-0.2, -0.15) is 15.2 Å². The van der Waals surface area contributed by atoms with Crippen molar-refractivity contribution in [3.05, 3.63) is 29.5 Å². The number of aliphatic hydroxyl groups is 1. The monoisotopic (exact) mass is 489 g/mol. The minimum Gasteiger partial charge on any atom is -0.485 e. The number of carbonyl (C=O) groups is 1. The molecule has 2 aromatic heterocycles. The van der Waals surface area contributed by atoms with Crippen LogP contribution in [0.2, 0.25) is 0 Å². The molecule has 4 N–H and O–H groups in total. The zero-order chi connectivity index (χ0) is 24.9. The van der Waals surface area contributed by atoms with Gasteiger partial charge in [-0.1, -0.05) is 6.92 Å². The van der Waals surface area contributed by atoms with Crippen LogP contribution in [-0.4, -0.2) is 69.8 Å². The molecule has 2 fully saturated rings. The average Bonchev–Trinajstić information content (AvgIpc) is 3.59. The van der Waals surface area contributed by atoms with Crippen LogP contribution in [0.1, 0.15) is 42.1 Å². The van der Waals surface area contributed by atoms with Gasteiger partial charge in [-0.3, -0.25) is 4.79 Å². The molecule has 1 amide bonds. The van der Waals surface area contributed by atoms with Gasteiger partial charge in [0.05, 0.1) is 28.8 Å². The number of nitriles is 1. The van der Waals surface area contributed by atoms with Gasteiger partial charge in [-0.15, -0.1) is 0 Å². The van der Waals surface area contributed by atoms with Crippen LogP contribution in [0.5, 0.6) is 11.5 Å². The summed E-state index contributed by atoms with van der Waals surface area (Å²) in [6.45, 7) is 3.80. The van der Waals surface area contributed by atoms with E-state index in [1.54, 1.807) is 23.2 Å². The van der Waals surface area contributed by atoms with Crippen LogP contribution >= 0.6 is 0 Å². The highest BCUT2D eigenvalue weighted by atomic mass is 16.6. The summed E-state index contributed by atoms with van der Waals surface area (Å²) in [5.74, 6) is 1.59. The minimum atomic E-state index is -0.222. The Bertz CT molecular complexity index is 1380. The number of rotatable bonds is 7. The van der Waals surface area contributed by atoms with Gasteiger partial charge in [0.2, 0.25) is 5.95 Å². The summed E-state index contributed by atoms with van der Waals surface area (Å²) in [5, 5.41) is 26.4. The number of nitrogens with zero attached hydrogens (tertiary/aromatic N) is 4. The van der Waals surface area contributed by atoms with Crippen LogP contribution in [0, 0.1) is 16.7 Å². The summed E-state index contributed by atoms with van der Waals surface area (Å²) >= 11 is 0. The first kappa shape index (κ1) is 22.4. The van der Waals surface area contributed by atoms with E-state index in [0.29, 0.717) is 83.5 Å². The summed E-state index contributed by atoms with van der Waals surface area (Å²) in [7, 11) is 0. The minimum absolute atomic E-state index is 0.0620. The highest BCUT2D eigenvalue weighted by molar-refractivity contribution is 6.00. The predicted molar refractivity (Wildman–Crippen MR) is 132 cm³/mol. The SMILES string of the molecule is CCC1(CO)CN(C(=O)c2ccc(Nc3nc(NC4CC4)c4c(C#N)c[nH]c4n3)c3c2OCCO3)C1. The normalized spacial score (nSPS) is 17.9. The van der Waals surface area contributed by atoms with E-state index in [4.69, 9.17) is 9.47 Å². The van der Waals surface area contributed by atoms with Crippen LogP contribution in [0.4, 0.5) is 17.5 Å². The third-order valence-electron chi connectivity index (χ3n) is 7.16. The number of carbonyl (C=O) groups excluding carboxylic acids is 1. The number of hydrogen-bond acceptors (Lipinski definition) is 9. The largest absolute Gasteiger partial charge is 0.485 e. The Morgan fingerprint density at radius 1 is 1.28 bits per heavy atom. The number of likely N-dealkylation sites (tertiary alicyclic amines) is 1. The van der Waals surface area contributed by atoms with E-state index in [-0.39, 0.29) is 17.9 Å². The number of ether oxygens (including phenoxy) is 2. The molecule has 3 aromatic rings. The Hall–Kier alpha value is -4.04. The number of aliphatic hydroxyl groups excluding tert-OH is 1. The predicted octanol–water partition coefficient (Wildman–Crippen LogP) is 2.76. The number of H-pyrrole nitrogens is 1. The number of benzene rings is 1. The molecule has 1 aromatic carbocycles. The van der Waals surface area contributed by atoms with Crippen molar-refractivity contribution < 1.29 is 19.4 Å². The number of amides is 1. The summed E-state index contributed by atoms with van der Waals surface area (Å²) < 4.78 is 11.8. The molecule has 11 nitrogen and oxygen atoms in total. The number of aromatic nitrogens is 3. The highest BCUT2D eigenvalue weighted by Gasteiger charge is 2.44. The van der Waals surface area contributed by atoms with E-state index in [2.05, 4.69) is 31.7 Å². The Balaban J connectivity index is 1.32. The van der Waals surface area contributed by atoms with Crippen molar-refractivity contribution in [1.82, 2.24) is 19.9 Å². The molecule has 36 heavy (non-hydrogen) atoms. The fraction of sp³-hybridized carbons (Fsp3) is 0.440. The molecular weight excluding hydrogens is 462 g/mol. The number of aromatic amines is 1. The highest BCUT2D eigenvalue weighted by Crippen LogP contribution is 2.44. The van der Waals surface area contributed by atoms with Gasteiger partial charge in [0, 0.05) is 30.7 Å². The van der Waals surface area contributed by atoms with Crippen molar-refractivity contribution in [2.75, 3.05) is 43.5 Å². The van der Waals surface area contributed by atoms with E-state index < -0.39 is 0 Å². The number of nitrogens with one attached hydrogen (secondary N) is 3. The van der Waals surface area contributed by atoms with Gasteiger partial charge in [-0.25, -0.2) is 0 Å². The van der Waals surface area contributed by atoms with E-state index in [1.807, 2.05) is 6.92 Å². The lowest BCUT2D eigenvalue weighted by molar-refractivity contribution is -0.0296. The van der Waals surface area contributed by atoms with Crippen molar-refractivity contribution in [2.45, 2.75) is 32.2 Å². The molecule has 1 aliphatic carbocycles. The zero-order valence-corrected chi connectivity index (χ0v) is 19.9. The Kier molecular flexibility index (Phi) is 5.34. The lowest BCUT2D eigenvalue weighted by Crippen LogP contribution is -2.59. The van der Waals surface area contributed by atoms with Gasteiger partial charge in [-0.05, 0) is 31.4 Å². The first-order valence-corrected chi connectivity index (χ1v) is 12.2. The Labute approximate surface area is 207 Å². The van der Waals surface area contributed by atoms with Crippen LogP contribution in [0.3, 0.4) is 0 Å². The Morgan fingerprint density at radius 3 is 2.75 bits per heavy atom. The van der Waals surface area contributed by atoms with Gasteiger partial charge in [0.1, 0.15) is 30.7 Å². The van der Waals surface area contributed by atoms with E-state index in [9.17, 15) is 15.2 Å². The maximum atomic E-state index is 13.2. The van der Waals surface area contributed by atoms with Crippen molar-refractivity contribution >= 4 is 34.4 Å². The number of hydrogen-bond donors (Lipinski definition) is 4. The van der Waals surface area contributed by atoms with Gasteiger partial charge in [0.15, 0.2) is 11.5 Å². The van der Waals surface area contributed by atoms with Crippen LogP contribution in [-0.2, 0) is 0 Å². The topological polar surface area (TPSA) is 148 Å². The quantitative estimate of drug-likeness (QED) is 0.393. The molecule has 6 rings (SSSR count). The zero-order valence-electron chi connectivity index (χ0n) is 19.9. The van der Waals surface area contributed by atoms with Crippen molar-refractivity contribution in [1.29, 1.82) is 5.26 Å². The second-order valence-corrected chi connectivity index (χ2v) is 9.67. The molecule has 0 unspecified atom stereocenters. The molecular formula is C25H27N7O4. The fourth-order valence-electron chi connectivity index (χ4n) is 4.74. The van der Waals surface area contributed by atoms with Crippen LogP contribution in [0.25, 0.3) is 11.0 Å². The molecule has 0 bridgehead atoms. The van der Waals surface area contributed by atoms with Gasteiger partial charge in [0.25, 0.3) is 5.91 Å². The number of anilines is 3. The summed E-state index contributed by atoms with van der Waals surface area (Å²) in [5.41, 5.74) is 1.81. The van der Waals surface area contributed by atoms with Crippen LogP contribution < -0.4 is 20.1 Å². The maximum Gasteiger partial charge on any atom is 0.257 e. The van der Waals surface area contributed by atoms with E-state index in [0.717, 1.165) is 19.3 Å². The molecule has 0 atom stereocenters. The molecule has 2 aliphatic heterocycles. The second kappa shape index (κ2) is 8.57. The molecule has 1 saturated heterocycles. The van der Waals surface area contributed by atoms with Crippen molar-refractivity contribution in [3.63, 3.8) is 0 Å². The number of fused-ring (bicyclic) bond motifs is 2. The lowest BCUT2D eigenvalue weighted by atomic mass is 9.78. The molecule has 4 heterocycles. The third-order valence-corrected chi connectivity index (χ3v) is 7.16. The maximum absolute atomic E-state index is 13.2. The molecule has 1 saturated carbocycles. The van der Waals surface area contributed by atoms with Gasteiger partial charge < -0.3 is 35.1 Å². The Morgan fingerprint density at radius 2 is 2.06 bits per heavy atom. The lowest BCUT2D eigenvalue weighted by Gasteiger charge is -2.49. The van der Waals surface area contributed by atoms with E-state index in [1.165, 1.54) is 0 Å². The summed E-state index contributed by atoms with van der Waals surface area (Å²) in [6, 6.07) is 6.00. The van der Waals surface area contributed by atoms with Gasteiger partial charge >= 0.3 is 0 Å². The molecule has 186 valence electrons. The molecule has 11 heteroatoms. The standard InChI is InChI=1S/C25H27N7O4/c1-2-25(13-33)11-32(12-25)23(34)16-5-6-17(20-19(16)35-7-8-36-20)29-24-30-21-18(14(9-26)10-27-21)22(31-24)28-15-3-4-15/h5-6,10,15,33H,2-4,7-8,11-13H2,1H3,(H3,27,28,29,30,31). The first-order chi connectivity index (χ1) is 17.5.